The number of aliphatic hydroxyl groups is 1. The van der Waals surface area contributed by atoms with E-state index in [0.29, 0.717) is 25.3 Å². The molecule has 0 spiro atoms. The number of ether oxygens (including phenoxy) is 2. The zero-order chi connectivity index (χ0) is 22.8. The second-order valence-electron chi connectivity index (χ2n) is 8.44. The molecule has 4 rings (SSSR count). The van der Waals surface area contributed by atoms with Crippen LogP contribution in [-0.2, 0) is 14.3 Å². The highest BCUT2D eigenvalue weighted by molar-refractivity contribution is 7.10. The number of ketones is 1. The molecule has 2 aromatic rings. The standard InChI is InChI=1S/C25H29NO5S/c1-4-30-19-10-9-16(13-18(19)15(2)3)23(27)21-22(20-8-6-12-32-20)26(25(29)24(21)28)14-17-7-5-11-31-17/h6,8-10,12-13,15,17,22,27H,4-5,7,11,14H2,1-3H3/b23-21-. The average Bonchev–Trinajstić information content (AvgIpc) is 3.53. The number of likely N-dealkylation sites (tertiary alicyclic amines) is 1. The van der Waals surface area contributed by atoms with Gasteiger partial charge in [-0.2, -0.15) is 0 Å². The lowest BCUT2D eigenvalue weighted by molar-refractivity contribution is -0.140. The summed E-state index contributed by atoms with van der Waals surface area (Å²) in [5.74, 6) is -0.470. The number of hydrogen-bond acceptors (Lipinski definition) is 6. The van der Waals surface area contributed by atoms with E-state index >= 15 is 0 Å². The second-order valence-corrected chi connectivity index (χ2v) is 9.42. The molecule has 1 aromatic heterocycles. The van der Waals surface area contributed by atoms with Gasteiger partial charge in [0.25, 0.3) is 11.7 Å². The zero-order valence-corrected chi connectivity index (χ0v) is 19.5. The van der Waals surface area contributed by atoms with Gasteiger partial charge in [0, 0.05) is 23.6 Å². The maximum atomic E-state index is 13.1. The van der Waals surface area contributed by atoms with E-state index in [1.54, 1.807) is 11.0 Å². The van der Waals surface area contributed by atoms with Gasteiger partial charge in [0.2, 0.25) is 0 Å². The van der Waals surface area contributed by atoms with Crippen LogP contribution in [0, 0.1) is 0 Å². The topological polar surface area (TPSA) is 76.1 Å². The molecule has 0 saturated carbocycles. The summed E-state index contributed by atoms with van der Waals surface area (Å²) in [4.78, 5) is 28.6. The maximum Gasteiger partial charge on any atom is 0.295 e. The molecular weight excluding hydrogens is 426 g/mol. The monoisotopic (exact) mass is 455 g/mol. The number of aliphatic hydroxyl groups excluding tert-OH is 1. The third kappa shape index (κ3) is 4.19. The lowest BCUT2D eigenvalue weighted by Gasteiger charge is -2.26. The lowest BCUT2D eigenvalue weighted by Crippen LogP contribution is -2.36. The van der Waals surface area contributed by atoms with E-state index in [0.717, 1.165) is 29.0 Å². The Labute approximate surface area is 192 Å². The highest BCUT2D eigenvalue weighted by Crippen LogP contribution is 2.42. The quantitative estimate of drug-likeness (QED) is 0.366. The molecule has 6 nitrogen and oxygen atoms in total. The van der Waals surface area contributed by atoms with Crippen molar-refractivity contribution in [2.24, 2.45) is 0 Å². The second kappa shape index (κ2) is 9.46. The van der Waals surface area contributed by atoms with E-state index < -0.39 is 17.7 Å². The third-order valence-electron chi connectivity index (χ3n) is 5.98. The molecule has 170 valence electrons. The van der Waals surface area contributed by atoms with Crippen LogP contribution in [0.2, 0.25) is 0 Å². The number of benzene rings is 1. The molecule has 2 atom stereocenters. The molecule has 2 aliphatic heterocycles. The van der Waals surface area contributed by atoms with Crippen LogP contribution in [0.1, 0.15) is 61.6 Å². The summed E-state index contributed by atoms with van der Waals surface area (Å²) >= 11 is 1.47. The Morgan fingerprint density at radius 2 is 2.12 bits per heavy atom. The van der Waals surface area contributed by atoms with Crippen LogP contribution in [0.3, 0.4) is 0 Å². The van der Waals surface area contributed by atoms with Crippen LogP contribution in [-0.4, -0.2) is 47.6 Å². The van der Waals surface area contributed by atoms with Gasteiger partial charge < -0.3 is 19.5 Å². The van der Waals surface area contributed by atoms with E-state index in [1.165, 1.54) is 11.3 Å². The van der Waals surface area contributed by atoms with Crippen LogP contribution in [0.25, 0.3) is 5.76 Å². The molecular formula is C25H29NO5S. The summed E-state index contributed by atoms with van der Waals surface area (Å²) in [7, 11) is 0. The van der Waals surface area contributed by atoms with Gasteiger partial charge in [-0.05, 0) is 60.9 Å². The van der Waals surface area contributed by atoms with Crippen LogP contribution < -0.4 is 4.74 Å². The average molecular weight is 456 g/mol. The molecule has 1 aromatic carbocycles. The number of thiophene rings is 1. The van der Waals surface area contributed by atoms with E-state index in [9.17, 15) is 14.7 Å². The number of rotatable bonds is 7. The normalized spacial score (nSPS) is 22.8. The fourth-order valence-electron chi connectivity index (χ4n) is 4.41. The molecule has 32 heavy (non-hydrogen) atoms. The number of Topliss-reactive ketones (excluding diaryl/α,β-unsaturated/α-hetero) is 1. The van der Waals surface area contributed by atoms with Crippen molar-refractivity contribution in [3.05, 3.63) is 57.3 Å². The predicted molar refractivity (Wildman–Crippen MR) is 124 cm³/mol. The molecule has 2 unspecified atom stereocenters. The minimum absolute atomic E-state index is 0.0891. The Balaban J connectivity index is 1.79. The van der Waals surface area contributed by atoms with Crippen molar-refractivity contribution in [3.63, 3.8) is 0 Å². The van der Waals surface area contributed by atoms with Gasteiger partial charge in [0.15, 0.2) is 0 Å². The van der Waals surface area contributed by atoms with Crippen molar-refractivity contribution < 1.29 is 24.2 Å². The van der Waals surface area contributed by atoms with E-state index in [4.69, 9.17) is 9.47 Å². The molecule has 1 N–H and O–H groups in total. The number of carbonyl (C=O) groups excluding carboxylic acids is 2. The van der Waals surface area contributed by atoms with E-state index in [-0.39, 0.29) is 23.4 Å². The highest BCUT2D eigenvalue weighted by atomic mass is 32.1. The van der Waals surface area contributed by atoms with Crippen LogP contribution in [0.5, 0.6) is 5.75 Å². The Morgan fingerprint density at radius 3 is 2.75 bits per heavy atom. The minimum atomic E-state index is -0.654. The third-order valence-corrected chi connectivity index (χ3v) is 6.91. The molecule has 2 saturated heterocycles. The summed E-state index contributed by atoms with van der Waals surface area (Å²) in [5, 5.41) is 13.2. The van der Waals surface area contributed by atoms with E-state index in [2.05, 4.69) is 0 Å². The van der Waals surface area contributed by atoms with Crippen LogP contribution in [0.4, 0.5) is 0 Å². The molecule has 2 fully saturated rings. The number of amides is 1. The summed E-state index contributed by atoms with van der Waals surface area (Å²) in [6.07, 6.45) is 1.72. The van der Waals surface area contributed by atoms with Crippen molar-refractivity contribution in [2.75, 3.05) is 19.8 Å². The van der Waals surface area contributed by atoms with Crippen molar-refractivity contribution in [1.82, 2.24) is 4.90 Å². The highest BCUT2D eigenvalue weighted by Gasteiger charge is 2.47. The Bertz CT molecular complexity index is 1020. The summed E-state index contributed by atoms with van der Waals surface area (Å²) in [6, 6.07) is 8.58. The first kappa shape index (κ1) is 22.6. The van der Waals surface area contributed by atoms with Crippen molar-refractivity contribution >= 4 is 28.8 Å². The molecule has 0 bridgehead atoms. The fraction of sp³-hybridized carbons (Fsp3) is 0.440. The number of hydrogen-bond donors (Lipinski definition) is 1. The largest absolute Gasteiger partial charge is 0.507 e. The predicted octanol–water partition coefficient (Wildman–Crippen LogP) is 4.87. The van der Waals surface area contributed by atoms with Crippen LogP contribution >= 0.6 is 11.3 Å². The van der Waals surface area contributed by atoms with Gasteiger partial charge in [0.05, 0.1) is 24.3 Å². The molecule has 7 heteroatoms. The summed E-state index contributed by atoms with van der Waals surface area (Å²) in [5.41, 5.74) is 1.58. The first-order chi connectivity index (χ1) is 15.4. The smallest absolute Gasteiger partial charge is 0.295 e. The van der Waals surface area contributed by atoms with Gasteiger partial charge in [0.1, 0.15) is 11.5 Å². The fourth-order valence-corrected chi connectivity index (χ4v) is 5.25. The number of nitrogens with zero attached hydrogens (tertiary/aromatic N) is 1. The number of carbonyl (C=O) groups is 2. The van der Waals surface area contributed by atoms with Crippen LogP contribution in [0.15, 0.2) is 41.3 Å². The summed E-state index contributed by atoms with van der Waals surface area (Å²) < 4.78 is 11.5. The van der Waals surface area contributed by atoms with Gasteiger partial charge in [-0.3, -0.25) is 9.59 Å². The molecule has 0 radical (unpaired) electrons. The molecule has 0 aliphatic carbocycles. The molecule has 2 aliphatic rings. The van der Waals surface area contributed by atoms with Crippen molar-refractivity contribution in [2.45, 2.75) is 51.7 Å². The minimum Gasteiger partial charge on any atom is -0.507 e. The Kier molecular flexibility index (Phi) is 6.67. The van der Waals surface area contributed by atoms with Crippen molar-refractivity contribution in [3.8, 4) is 5.75 Å². The lowest BCUT2D eigenvalue weighted by atomic mass is 9.95. The van der Waals surface area contributed by atoms with Gasteiger partial charge in [-0.25, -0.2) is 0 Å². The first-order valence-electron chi connectivity index (χ1n) is 11.1. The zero-order valence-electron chi connectivity index (χ0n) is 18.7. The molecule has 3 heterocycles. The first-order valence-corrected chi connectivity index (χ1v) is 12.0. The summed E-state index contributed by atoms with van der Waals surface area (Å²) in [6.45, 7) is 7.57. The van der Waals surface area contributed by atoms with Gasteiger partial charge in [-0.15, -0.1) is 11.3 Å². The van der Waals surface area contributed by atoms with Gasteiger partial charge >= 0.3 is 0 Å². The maximum absolute atomic E-state index is 13.1. The van der Waals surface area contributed by atoms with Gasteiger partial charge in [-0.1, -0.05) is 19.9 Å². The van der Waals surface area contributed by atoms with E-state index in [1.807, 2.05) is 50.4 Å². The SMILES string of the molecule is CCOc1ccc(/C(O)=C2/C(=O)C(=O)N(CC3CCCO3)C2c2cccs2)cc1C(C)C. The van der Waals surface area contributed by atoms with Crippen molar-refractivity contribution in [1.29, 1.82) is 0 Å². The Morgan fingerprint density at radius 1 is 1.31 bits per heavy atom. The molecule has 1 amide bonds. The Hall–Kier alpha value is -2.64.